The summed E-state index contributed by atoms with van der Waals surface area (Å²) >= 11 is 3.56. The van der Waals surface area contributed by atoms with Gasteiger partial charge in [0.15, 0.2) is 0 Å². The van der Waals surface area contributed by atoms with Gasteiger partial charge in [0.2, 0.25) is 0 Å². The third-order valence-electron chi connectivity index (χ3n) is 4.21. The fourth-order valence-corrected chi connectivity index (χ4v) is 5.17. The van der Waals surface area contributed by atoms with Gasteiger partial charge in [-0.05, 0) is 44.5 Å². The fraction of sp³-hybridized carbons (Fsp3) is 0.455. The third-order valence-corrected chi connectivity index (χ3v) is 6.97. The number of aliphatic hydroxyl groups is 1. The highest BCUT2D eigenvalue weighted by Crippen LogP contribution is 2.39. The van der Waals surface area contributed by atoms with Crippen LogP contribution in [0.3, 0.4) is 0 Å². The molecule has 0 aliphatic carbocycles. The maximum atomic E-state index is 10.8. The van der Waals surface area contributed by atoms with E-state index in [9.17, 15) is 5.11 Å². The Balaban J connectivity index is 2.03. The minimum Gasteiger partial charge on any atom is -0.391 e. The van der Waals surface area contributed by atoms with Crippen molar-refractivity contribution < 1.29 is 5.11 Å². The summed E-state index contributed by atoms with van der Waals surface area (Å²) in [6, 6.07) is 17.2. The zero-order chi connectivity index (χ0) is 18.1. The van der Waals surface area contributed by atoms with Gasteiger partial charge in [0.25, 0.3) is 0 Å². The second-order valence-corrected chi connectivity index (χ2v) is 9.38. The van der Waals surface area contributed by atoms with E-state index in [2.05, 4.69) is 69.3 Å². The molecule has 0 radical (unpaired) electrons. The van der Waals surface area contributed by atoms with E-state index < -0.39 is 0 Å². The lowest BCUT2D eigenvalue weighted by Gasteiger charge is -2.22. The van der Waals surface area contributed by atoms with Gasteiger partial charge in [-0.2, -0.15) is 0 Å². The lowest BCUT2D eigenvalue weighted by molar-refractivity contribution is 0.177. The smallest absolute Gasteiger partial charge is 0.0855 e. The summed E-state index contributed by atoms with van der Waals surface area (Å²) in [7, 11) is 0. The topological polar surface area (TPSA) is 20.2 Å². The Morgan fingerprint density at radius 2 is 1.24 bits per heavy atom. The van der Waals surface area contributed by atoms with E-state index in [0.29, 0.717) is 0 Å². The minimum atomic E-state index is -0.297. The molecular formula is C22H30OS2. The van der Waals surface area contributed by atoms with E-state index in [1.807, 2.05) is 0 Å². The molecule has 136 valence electrons. The van der Waals surface area contributed by atoms with Crippen LogP contribution in [-0.2, 0) is 0 Å². The van der Waals surface area contributed by atoms with E-state index in [4.69, 9.17) is 0 Å². The van der Waals surface area contributed by atoms with Crippen molar-refractivity contribution in [1.82, 2.24) is 0 Å². The molecular weight excluding hydrogens is 344 g/mol. The first-order chi connectivity index (χ1) is 12.1. The molecule has 25 heavy (non-hydrogen) atoms. The molecule has 0 amide bonds. The molecule has 0 aromatic heterocycles. The molecule has 0 fully saturated rings. The van der Waals surface area contributed by atoms with Gasteiger partial charge in [0.1, 0.15) is 0 Å². The first-order valence-corrected chi connectivity index (χ1v) is 11.0. The van der Waals surface area contributed by atoms with E-state index in [-0.39, 0.29) is 10.7 Å². The monoisotopic (exact) mass is 374 g/mol. The molecule has 0 saturated carbocycles. The number of aryl methyl sites for hydroxylation is 2. The largest absolute Gasteiger partial charge is 0.391 e. The number of rotatable bonds is 10. The Morgan fingerprint density at radius 1 is 0.760 bits per heavy atom. The Hall–Kier alpha value is -0.900. The lowest BCUT2D eigenvalue weighted by Crippen LogP contribution is -2.20. The molecule has 0 bridgehead atoms. The van der Waals surface area contributed by atoms with Gasteiger partial charge in [-0.3, -0.25) is 0 Å². The Bertz CT molecular complexity index is 559. The van der Waals surface area contributed by atoms with Crippen LogP contribution in [0, 0.1) is 13.8 Å². The highest BCUT2D eigenvalue weighted by Gasteiger charge is 2.21. The first kappa shape index (κ1) is 20.4. The standard InChI is InChI=1S/C22H30OS2/c1-4-5-6-7-8-21(23)22(24-19-13-9-17(2)10-14-19)25-20-15-11-18(3)12-16-20/h9-16,21-23H,4-8H2,1-3H3. The molecule has 1 atom stereocenters. The molecule has 0 aliphatic rings. The molecule has 0 heterocycles. The number of hydrogen-bond donors (Lipinski definition) is 1. The van der Waals surface area contributed by atoms with Crippen LogP contribution >= 0.6 is 23.5 Å². The van der Waals surface area contributed by atoms with Crippen molar-refractivity contribution in [2.75, 3.05) is 0 Å². The highest BCUT2D eigenvalue weighted by atomic mass is 32.2. The molecule has 3 heteroatoms. The van der Waals surface area contributed by atoms with Crippen molar-refractivity contribution >= 4 is 23.5 Å². The second-order valence-electron chi connectivity index (χ2n) is 6.65. The van der Waals surface area contributed by atoms with Crippen molar-refractivity contribution in [3.05, 3.63) is 59.7 Å². The van der Waals surface area contributed by atoms with Crippen LogP contribution in [0.2, 0.25) is 0 Å². The highest BCUT2D eigenvalue weighted by molar-refractivity contribution is 8.17. The zero-order valence-corrected chi connectivity index (χ0v) is 17.2. The van der Waals surface area contributed by atoms with Crippen molar-refractivity contribution in [2.45, 2.75) is 73.4 Å². The molecule has 0 saturated heterocycles. The van der Waals surface area contributed by atoms with E-state index in [1.165, 1.54) is 40.2 Å². The molecule has 2 rings (SSSR count). The zero-order valence-electron chi connectivity index (χ0n) is 15.6. The maximum absolute atomic E-state index is 10.8. The van der Waals surface area contributed by atoms with Crippen molar-refractivity contribution in [3.8, 4) is 0 Å². The van der Waals surface area contributed by atoms with E-state index in [1.54, 1.807) is 23.5 Å². The number of hydrogen-bond acceptors (Lipinski definition) is 3. The van der Waals surface area contributed by atoms with Crippen LogP contribution in [0.1, 0.15) is 50.2 Å². The Kier molecular flexibility index (Phi) is 8.94. The Labute approximate surface area is 161 Å². The van der Waals surface area contributed by atoms with Crippen molar-refractivity contribution in [3.63, 3.8) is 0 Å². The molecule has 0 aliphatic heterocycles. The van der Waals surface area contributed by atoms with Crippen molar-refractivity contribution in [1.29, 1.82) is 0 Å². The summed E-state index contributed by atoms with van der Waals surface area (Å²) in [4.78, 5) is 2.45. The lowest BCUT2D eigenvalue weighted by atomic mass is 10.1. The molecule has 2 aromatic carbocycles. The molecule has 1 nitrogen and oxygen atoms in total. The summed E-state index contributed by atoms with van der Waals surface area (Å²) < 4.78 is 0.118. The van der Waals surface area contributed by atoms with E-state index in [0.717, 1.165) is 12.8 Å². The van der Waals surface area contributed by atoms with Gasteiger partial charge in [-0.15, -0.1) is 23.5 Å². The van der Waals surface area contributed by atoms with Crippen LogP contribution in [-0.4, -0.2) is 15.8 Å². The second kappa shape index (κ2) is 10.9. The fourth-order valence-electron chi connectivity index (χ4n) is 2.60. The van der Waals surface area contributed by atoms with Crippen LogP contribution in [0.4, 0.5) is 0 Å². The SMILES string of the molecule is CCCCCCC(O)C(Sc1ccc(C)cc1)Sc1ccc(C)cc1. The molecule has 0 spiro atoms. The number of thioether (sulfide) groups is 2. The number of aliphatic hydroxyl groups excluding tert-OH is 1. The predicted molar refractivity (Wildman–Crippen MR) is 113 cm³/mol. The van der Waals surface area contributed by atoms with Gasteiger partial charge in [-0.25, -0.2) is 0 Å². The van der Waals surface area contributed by atoms with Gasteiger partial charge in [-0.1, -0.05) is 68.0 Å². The van der Waals surface area contributed by atoms with Gasteiger partial charge < -0.3 is 5.11 Å². The van der Waals surface area contributed by atoms with Crippen LogP contribution in [0.15, 0.2) is 58.3 Å². The summed E-state index contributed by atoms with van der Waals surface area (Å²) in [5, 5.41) is 10.8. The Morgan fingerprint density at radius 3 is 1.68 bits per heavy atom. The van der Waals surface area contributed by atoms with Gasteiger partial charge in [0, 0.05) is 9.79 Å². The van der Waals surface area contributed by atoms with E-state index >= 15 is 0 Å². The normalized spacial score (nSPS) is 12.5. The van der Waals surface area contributed by atoms with Gasteiger partial charge >= 0.3 is 0 Å². The summed E-state index contributed by atoms with van der Waals surface area (Å²) in [6.07, 6.45) is 5.39. The minimum absolute atomic E-state index is 0.118. The summed E-state index contributed by atoms with van der Waals surface area (Å²) in [5.74, 6) is 0. The maximum Gasteiger partial charge on any atom is 0.0855 e. The molecule has 2 aromatic rings. The number of benzene rings is 2. The van der Waals surface area contributed by atoms with Gasteiger partial charge in [0.05, 0.1) is 10.7 Å². The molecule has 1 unspecified atom stereocenters. The van der Waals surface area contributed by atoms with Crippen molar-refractivity contribution in [2.24, 2.45) is 0 Å². The average molecular weight is 375 g/mol. The quantitative estimate of drug-likeness (QED) is 0.279. The van der Waals surface area contributed by atoms with Crippen LogP contribution in [0.25, 0.3) is 0 Å². The third kappa shape index (κ3) is 7.47. The van der Waals surface area contributed by atoms with Crippen LogP contribution < -0.4 is 0 Å². The number of unbranched alkanes of at least 4 members (excludes halogenated alkanes) is 3. The predicted octanol–water partition coefficient (Wildman–Crippen LogP) is 6.85. The van der Waals surface area contributed by atoms with Crippen LogP contribution in [0.5, 0.6) is 0 Å². The summed E-state index contributed by atoms with van der Waals surface area (Å²) in [5.41, 5.74) is 2.54. The summed E-state index contributed by atoms with van der Waals surface area (Å²) in [6.45, 7) is 6.44. The molecule has 1 N–H and O–H groups in total. The first-order valence-electron chi connectivity index (χ1n) is 9.23. The average Bonchev–Trinajstić information content (AvgIpc) is 2.61.